The minimum Gasteiger partial charge on any atom is -0.327 e. The Balaban J connectivity index is 2.75. The van der Waals surface area contributed by atoms with Crippen LogP contribution in [0.25, 0.3) is 0 Å². The molecule has 0 fully saturated rings. The van der Waals surface area contributed by atoms with Crippen LogP contribution in [0.2, 0.25) is 0 Å². The second-order valence-electron chi connectivity index (χ2n) is 4.25. The van der Waals surface area contributed by atoms with Crippen LogP contribution < -0.4 is 11.1 Å². The number of hydrogen-bond donors (Lipinski definition) is 2. The molecule has 0 heterocycles. The molecule has 0 bridgehead atoms. The van der Waals surface area contributed by atoms with Gasteiger partial charge in [-0.3, -0.25) is 4.79 Å². The van der Waals surface area contributed by atoms with Crippen LogP contribution in [0.15, 0.2) is 29.2 Å². The monoisotopic (exact) mass is 306 g/mol. The zero-order valence-corrected chi connectivity index (χ0v) is 11.7. The van der Waals surface area contributed by atoms with Gasteiger partial charge in [0, 0.05) is 18.2 Å². The average molecular weight is 306 g/mol. The summed E-state index contributed by atoms with van der Waals surface area (Å²) in [5.41, 5.74) is 5.94. The summed E-state index contributed by atoms with van der Waals surface area (Å²) in [6, 6.07) is 4.30. The third-order valence-corrected chi connectivity index (χ3v) is 4.07. The molecule has 0 aliphatic rings. The SMILES string of the molecule is CCC(N)CC(=O)Nc1ccc(S(=O)(=O)C(F)F)cc1. The van der Waals surface area contributed by atoms with Crippen LogP contribution in [0.1, 0.15) is 19.8 Å². The van der Waals surface area contributed by atoms with E-state index in [2.05, 4.69) is 5.32 Å². The van der Waals surface area contributed by atoms with E-state index in [1.54, 1.807) is 0 Å². The summed E-state index contributed by atoms with van der Waals surface area (Å²) in [6.45, 7) is 1.85. The van der Waals surface area contributed by atoms with Crippen LogP contribution in [0.5, 0.6) is 0 Å². The highest BCUT2D eigenvalue weighted by Crippen LogP contribution is 2.20. The molecule has 20 heavy (non-hydrogen) atoms. The van der Waals surface area contributed by atoms with Gasteiger partial charge < -0.3 is 11.1 Å². The van der Waals surface area contributed by atoms with Gasteiger partial charge in [0.1, 0.15) is 0 Å². The number of carbonyl (C=O) groups excluding carboxylic acids is 1. The number of halogens is 2. The number of hydrogen-bond acceptors (Lipinski definition) is 4. The first-order valence-electron chi connectivity index (χ1n) is 5.95. The van der Waals surface area contributed by atoms with Crippen molar-refractivity contribution in [3.8, 4) is 0 Å². The first-order chi connectivity index (χ1) is 9.27. The Labute approximate surface area is 116 Å². The van der Waals surface area contributed by atoms with Gasteiger partial charge in [-0.15, -0.1) is 0 Å². The molecule has 0 aliphatic carbocycles. The van der Waals surface area contributed by atoms with Crippen LogP contribution in [0.3, 0.4) is 0 Å². The lowest BCUT2D eigenvalue weighted by Crippen LogP contribution is -2.26. The number of alkyl halides is 2. The second kappa shape index (κ2) is 6.76. The molecule has 1 aromatic rings. The average Bonchev–Trinajstić information content (AvgIpc) is 2.38. The predicted octanol–water partition coefficient (Wildman–Crippen LogP) is 1.75. The predicted molar refractivity (Wildman–Crippen MR) is 71.1 cm³/mol. The van der Waals surface area contributed by atoms with Crippen LogP contribution in [0.4, 0.5) is 14.5 Å². The standard InChI is InChI=1S/C12H16F2N2O3S/c1-2-8(15)7-11(17)16-9-3-5-10(6-4-9)20(18,19)12(13)14/h3-6,8,12H,2,7,15H2,1H3,(H,16,17). The van der Waals surface area contributed by atoms with Crippen molar-refractivity contribution in [3.63, 3.8) is 0 Å². The van der Waals surface area contributed by atoms with Crippen molar-refractivity contribution in [3.05, 3.63) is 24.3 Å². The van der Waals surface area contributed by atoms with Crippen LogP contribution in [0, 0.1) is 0 Å². The maximum absolute atomic E-state index is 12.3. The van der Waals surface area contributed by atoms with E-state index < -0.39 is 20.5 Å². The number of nitrogens with one attached hydrogen (secondary N) is 1. The molecular formula is C12H16F2N2O3S. The Morgan fingerprint density at radius 1 is 1.30 bits per heavy atom. The van der Waals surface area contributed by atoms with Crippen molar-refractivity contribution in [1.82, 2.24) is 0 Å². The highest BCUT2D eigenvalue weighted by atomic mass is 32.2. The normalized spacial score (nSPS) is 13.2. The van der Waals surface area contributed by atoms with Crippen molar-refractivity contribution in [2.45, 2.75) is 36.5 Å². The number of rotatable bonds is 6. The highest BCUT2D eigenvalue weighted by molar-refractivity contribution is 7.91. The first kappa shape index (κ1) is 16.5. The fraction of sp³-hybridized carbons (Fsp3) is 0.417. The lowest BCUT2D eigenvalue weighted by Gasteiger charge is -2.10. The summed E-state index contributed by atoms with van der Waals surface area (Å²) in [6.07, 6.45) is 0.784. The molecule has 1 rings (SSSR count). The van der Waals surface area contributed by atoms with Gasteiger partial charge >= 0.3 is 5.76 Å². The lowest BCUT2D eigenvalue weighted by molar-refractivity contribution is -0.116. The Bertz CT molecular complexity index is 559. The third-order valence-electron chi connectivity index (χ3n) is 2.67. The molecular weight excluding hydrogens is 290 g/mol. The quantitative estimate of drug-likeness (QED) is 0.838. The molecule has 1 atom stereocenters. The molecule has 3 N–H and O–H groups in total. The fourth-order valence-corrected chi connectivity index (χ4v) is 2.15. The fourth-order valence-electron chi connectivity index (χ4n) is 1.43. The van der Waals surface area contributed by atoms with Gasteiger partial charge in [0.2, 0.25) is 15.7 Å². The van der Waals surface area contributed by atoms with Crippen LogP contribution in [-0.4, -0.2) is 26.1 Å². The number of amides is 1. The van der Waals surface area contributed by atoms with Crippen molar-refractivity contribution in [2.24, 2.45) is 5.73 Å². The maximum Gasteiger partial charge on any atom is 0.341 e. The Morgan fingerprint density at radius 3 is 2.30 bits per heavy atom. The summed E-state index contributed by atoms with van der Waals surface area (Å²) in [5, 5.41) is 2.51. The van der Waals surface area contributed by atoms with E-state index in [1.165, 1.54) is 12.1 Å². The van der Waals surface area contributed by atoms with Gasteiger partial charge in [-0.1, -0.05) is 6.92 Å². The molecule has 1 aromatic carbocycles. The van der Waals surface area contributed by atoms with Crippen LogP contribution in [-0.2, 0) is 14.6 Å². The van der Waals surface area contributed by atoms with Crippen molar-refractivity contribution in [1.29, 1.82) is 0 Å². The third kappa shape index (κ3) is 4.24. The number of benzene rings is 1. The zero-order valence-electron chi connectivity index (χ0n) is 10.8. The molecule has 112 valence electrons. The van der Waals surface area contributed by atoms with Gasteiger partial charge in [0.25, 0.3) is 0 Å². The van der Waals surface area contributed by atoms with E-state index in [4.69, 9.17) is 5.73 Å². The highest BCUT2D eigenvalue weighted by Gasteiger charge is 2.26. The maximum atomic E-state index is 12.3. The minimum atomic E-state index is -4.61. The van der Waals surface area contributed by atoms with E-state index in [-0.39, 0.29) is 18.4 Å². The van der Waals surface area contributed by atoms with Crippen LogP contribution >= 0.6 is 0 Å². The lowest BCUT2D eigenvalue weighted by atomic mass is 10.1. The van der Waals surface area contributed by atoms with Crippen molar-refractivity contribution in [2.75, 3.05) is 5.32 Å². The largest absolute Gasteiger partial charge is 0.341 e. The smallest absolute Gasteiger partial charge is 0.327 e. The second-order valence-corrected chi connectivity index (χ2v) is 6.17. The van der Waals surface area contributed by atoms with Crippen molar-refractivity contribution >= 4 is 21.4 Å². The summed E-state index contributed by atoms with van der Waals surface area (Å²) >= 11 is 0. The topological polar surface area (TPSA) is 89.3 Å². The molecule has 0 aliphatic heterocycles. The first-order valence-corrected chi connectivity index (χ1v) is 7.49. The van der Waals surface area contributed by atoms with E-state index in [1.807, 2.05) is 6.92 Å². The van der Waals surface area contributed by atoms with Gasteiger partial charge in [0.05, 0.1) is 4.90 Å². The summed E-state index contributed by atoms with van der Waals surface area (Å²) in [4.78, 5) is 11.1. The number of carbonyl (C=O) groups is 1. The van der Waals surface area contributed by atoms with Crippen molar-refractivity contribution < 1.29 is 22.0 Å². The Hall–Kier alpha value is -1.54. The molecule has 0 saturated carbocycles. The van der Waals surface area contributed by atoms with E-state index >= 15 is 0 Å². The number of sulfone groups is 1. The molecule has 8 heteroatoms. The van der Waals surface area contributed by atoms with Gasteiger partial charge in [-0.2, -0.15) is 8.78 Å². The zero-order chi connectivity index (χ0) is 15.3. The van der Waals surface area contributed by atoms with Gasteiger partial charge in [0.15, 0.2) is 0 Å². The van der Waals surface area contributed by atoms with E-state index in [0.717, 1.165) is 12.1 Å². The minimum absolute atomic E-state index is 0.133. The molecule has 1 amide bonds. The summed E-state index contributed by atoms with van der Waals surface area (Å²) in [5.74, 6) is -3.78. The molecule has 1 unspecified atom stereocenters. The molecule has 0 saturated heterocycles. The van der Waals surface area contributed by atoms with Gasteiger partial charge in [-0.25, -0.2) is 8.42 Å². The van der Waals surface area contributed by atoms with Gasteiger partial charge in [-0.05, 0) is 30.7 Å². The number of anilines is 1. The molecule has 0 spiro atoms. The van der Waals surface area contributed by atoms with E-state index in [9.17, 15) is 22.0 Å². The molecule has 5 nitrogen and oxygen atoms in total. The molecule has 0 radical (unpaired) electrons. The molecule has 0 aromatic heterocycles. The van der Waals surface area contributed by atoms with E-state index in [0.29, 0.717) is 12.1 Å². The Kier molecular flexibility index (Phi) is 5.58. The summed E-state index contributed by atoms with van der Waals surface area (Å²) < 4.78 is 47.0. The number of nitrogens with two attached hydrogens (primary N) is 1. The Morgan fingerprint density at radius 2 is 1.85 bits per heavy atom. The summed E-state index contributed by atoms with van der Waals surface area (Å²) in [7, 11) is -4.61.